The van der Waals surface area contributed by atoms with Gasteiger partial charge in [-0.25, -0.2) is 0 Å². The van der Waals surface area contributed by atoms with Gasteiger partial charge in [-0.1, -0.05) is 37.6 Å². The highest BCUT2D eigenvalue weighted by atomic mass is 16.2. The summed E-state index contributed by atoms with van der Waals surface area (Å²) in [5, 5.41) is 5.64. The van der Waals surface area contributed by atoms with Gasteiger partial charge in [0.2, 0.25) is 11.8 Å². The lowest BCUT2D eigenvalue weighted by molar-refractivity contribution is -0.125. The molecule has 0 heterocycles. The van der Waals surface area contributed by atoms with Crippen LogP contribution in [0.15, 0.2) is 29.8 Å². The van der Waals surface area contributed by atoms with Crippen molar-refractivity contribution in [2.45, 2.75) is 41.5 Å². The maximum absolute atomic E-state index is 12.4. The second kappa shape index (κ2) is 6.80. The van der Waals surface area contributed by atoms with Crippen LogP contribution in [0.4, 0.5) is 5.69 Å². The molecule has 0 unspecified atom stereocenters. The quantitative estimate of drug-likeness (QED) is 0.812. The molecule has 1 saturated carbocycles. The summed E-state index contributed by atoms with van der Waals surface area (Å²) in [7, 11) is 0. The monoisotopic (exact) mass is 328 g/mol. The van der Waals surface area contributed by atoms with Gasteiger partial charge in [-0.15, -0.1) is 0 Å². The highest BCUT2D eigenvalue weighted by molar-refractivity contribution is 5.96. The topological polar surface area (TPSA) is 58.2 Å². The molecule has 0 aromatic heterocycles. The molecule has 0 radical (unpaired) electrons. The Hall–Kier alpha value is -2.10. The summed E-state index contributed by atoms with van der Waals surface area (Å²) in [6, 6.07) is 5.79. The fourth-order valence-corrected chi connectivity index (χ4v) is 3.21. The summed E-state index contributed by atoms with van der Waals surface area (Å²) in [6.45, 7) is 12.3. The summed E-state index contributed by atoms with van der Waals surface area (Å²) < 4.78 is 0. The minimum atomic E-state index is -0.200. The first-order valence-corrected chi connectivity index (χ1v) is 8.43. The number of hydrogen-bond donors (Lipinski definition) is 2. The number of nitrogens with one attached hydrogen (secondary N) is 2. The fourth-order valence-electron chi connectivity index (χ4n) is 3.21. The first-order valence-electron chi connectivity index (χ1n) is 8.43. The molecule has 2 rings (SSSR count). The van der Waals surface area contributed by atoms with E-state index in [4.69, 9.17) is 0 Å². The van der Waals surface area contributed by atoms with Crippen LogP contribution in [0.25, 0.3) is 0 Å². The standard InChI is InChI=1S/C20H28N2O2/c1-12(2)10-15-18(20(15,5)6)19(24)21-11-17(23)22-16-9-7-8-13(3)14(16)4/h7-10,15,18H,11H2,1-6H3,(H,21,24)(H,22,23)/t15-,18-/m0/s1. The molecule has 1 aliphatic carbocycles. The van der Waals surface area contributed by atoms with E-state index in [0.717, 1.165) is 16.8 Å². The van der Waals surface area contributed by atoms with Crippen LogP contribution < -0.4 is 10.6 Å². The van der Waals surface area contributed by atoms with Crippen LogP contribution in [-0.4, -0.2) is 18.4 Å². The average molecular weight is 328 g/mol. The number of anilines is 1. The van der Waals surface area contributed by atoms with E-state index in [0.29, 0.717) is 0 Å². The van der Waals surface area contributed by atoms with E-state index >= 15 is 0 Å². The van der Waals surface area contributed by atoms with Gasteiger partial charge < -0.3 is 10.6 Å². The first-order chi connectivity index (χ1) is 11.1. The van der Waals surface area contributed by atoms with Gasteiger partial charge in [0.25, 0.3) is 0 Å². The molecule has 0 bridgehead atoms. The Morgan fingerprint density at radius 3 is 2.50 bits per heavy atom. The number of aryl methyl sites for hydroxylation is 1. The van der Waals surface area contributed by atoms with Gasteiger partial charge in [0.05, 0.1) is 12.5 Å². The second-order valence-electron chi connectivity index (χ2n) is 7.58. The number of rotatable bonds is 5. The zero-order valence-electron chi connectivity index (χ0n) is 15.5. The molecule has 1 aliphatic rings. The Labute approximate surface area is 144 Å². The molecular weight excluding hydrogens is 300 g/mol. The van der Waals surface area contributed by atoms with Crippen LogP contribution in [0.5, 0.6) is 0 Å². The number of amides is 2. The van der Waals surface area contributed by atoms with Gasteiger partial charge >= 0.3 is 0 Å². The summed E-state index contributed by atoms with van der Waals surface area (Å²) >= 11 is 0. The molecule has 1 aromatic carbocycles. The Morgan fingerprint density at radius 1 is 1.21 bits per heavy atom. The van der Waals surface area contributed by atoms with E-state index in [1.807, 2.05) is 45.9 Å². The predicted octanol–water partition coefficient (Wildman–Crippen LogP) is 3.60. The van der Waals surface area contributed by atoms with Crippen molar-refractivity contribution in [3.8, 4) is 0 Å². The normalized spacial score (nSPS) is 20.9. The van der Waals surface area contributed by atoms with Gasteiger partial charge in [-0.05, 0) is 56.2 Å². The molecule has 4 nitrogen and oxygen atoms in total. The number of carbonyl (C=O) groups excluding carboxylic acids is 2. The summed E-state index contributed by atoms with van der Waals surface area (Å²) in [6.07, 6.45) is 2.15. The largest absolute Gasteiger partial charge is 0.347 e. The maximum atomic E-state index is 12.4. The molecule has 2 N–H and O–H groups in total. The molecule has 0 aliphatic heterocycles. The first kappa shape index (κ1) is 18.2. The molecule has 2 atom stereocenters. The minimum Gasteiger partial charge on any atom is -0.347 e. The molecule has 24 heavy (non-hydrogen) atoms. The van der Waals surface area contributed by atoms with Crippen molar-refractivity contribution in [1.82, 2.24) is 5.32 Å². The third-order valence-corrected chi connectivity index (χ3v) is 5.01. The Balaban J connectivity index is 1.89. The Kier molecular flexibility index (Phi) is 5.16. The van der Waals surface area contributed by atoms with Gasteiger partial charge in [0.15, 0.2) is 0 Å². The van der Waals surface area contributed by atoms with Crippen LogP contribution in [0, 0.1) is 31.1 Å². The van der Waals surface area contributed by atoms with E-state index in [1.54, 1.807) is 0 Å². The lowest BCUT2D eigenvalue weighted by Gasteiger charge is -2.11. The number of carbonyl (C=O) groups is 2. The van der Waals surface area contributed by atoms with Crippen molar-refractivity contribution in [2.24, 2.45) is 17.3 Å². The molecule has 1 aromatic rings. The molecule has 130 valence electrons. The molecular formula is C20H28N2O2. The molecule has 4 heteroatoms. The molecule has 2 amide bonds. The number of allylic oxidation sites excluding steroid dienone is 2. The van der Waals surface area contributed by atoms with E-state index in [1.165, 1.54) is 5.57 Å². The zero-order chi connectivity index (χ0) is 18.1. The maximum Gasteiger partial charge on any atom is 0.243 e. The van der Waals surface area contributed by atoms with Crippen LogP contribution in [0.2, 0.25) is 0 Å². The summed E-state index contributed by atoms with van der Waals surface area (Å²) in [5.41, 5.74) is 4.15. The molecule has 1 fully saturated rings. The van der Waals surface area contributed by atoms with Gasteiger partial charge in [-0.3, -0.25) is 9.59 Å². The van der Waals surface area contributed by atoms with Crippen molar-refractivity contribution in [1.29, 1.82) is 0 Å². The number of hydrogen-bond acceptors (Lipinski definition) is 2. The third kappa shape index (κ3) is 3.86. The SMILES string of the molecule is CC(C)=C[C@H]1[C@@H](C(=O)NCC(=O)Nc2cccc(C)c2C)C1(C)C. The van der Waals surface area contributed by atoms with Crippen LogP contribution in [0.3, 0.4) is 0 Å². The van der Waals surface area contributed by atoms with Crippen molar-refractivity contribution in [2.75, 3.05) is 11.9 Å². The Bertz CT molecular complexity index is 685. The summed E-state index contributed by atoms with van der Waals surface area (Å²) in [5.74, 6) is -0.0432. The average Bonchev–Trinajstić information content (AvgIpc) is 3.01. The van der Waals surface area contributed by atoms with E-state index in [9.17, 15) is 9.59 Å². The van der Waals surface area contributed by atoms with E-state index < -0.39 is 0 Å². The minimum absolute atomic E-state index is 0.000334. The van der Waals surface area contributed by atoms with Gasteiger partial charge in [0, 0.05) is 5.69 Å². The van der Waals surface area contributed by atoms with Crippen LogP contribution in [0.1, 0.15) is 38.8 Å². The van der Waals surface area contributed by atoms with E-state index in [2.05, 4.69) is 30.6 Å². The van der Waals surface area contributed by atoms with Crippen LogP contribution in [-0.2, 0) is 9.59 Å². The van der Waals surface area contributed by atoms with E-state index in [-0.39, 0.29) is 35.6 Å². The Morgan fingerprint density at radius 2 is 1.88 bits per heavy atom. The van der Waals surface area contributed by atoms with Crippen molar-refractivity contribution < 1.29 is 9.59 Å². The number of benzene rings is 1. The van der Waals surface area contributed by atoms with Crippen molar-refractivity contribution in [3.63, 3.8) is 0 Å². The smallest absolute Gasteiger partial charge is 0.243 e. The summed E-state index contributed by atoms with van der Waals surface area (Å²) in [4.78, 5) is 24.5. The fraction of sp³-hybridized carbons (Fsp3) is 0.500. The van der Waals surface area contributed by atoms with Crippen molar-refractivity contribution in [3.05, 3.63) is 41.0 Å². The highest BCUT2D eigenvalue weighted by Gasteiger charge is 2.60. The van der Waals surface area contributed by atoms with Crippen molar-refractivity contribution >= 4 is 17.5 Å². The lowest BCUT2D eigenvalue weighted by atomic mass is 10.1. The third-order valence-electron chi connectivity index (χ3n) is 5.01. The second-order valence-corrected chi connectivity index (χ2v) is 7.58. The van der Waals surface area contributed by atoms with Gasteiger partial charge in [-0.2, -0.15) is 0 Å². The molecule has 0 spiro atoms. The lowest BCUT2D eigenvalue weighted by Crippen LogP contribution is -2.34. The predicted molar refractivity (Wildman–Crippen MR) is 97.7 cm³/mol. The zero-order valence-corrected chi connectivity index (χ0v) is 15.5. The molecule has 0 saturated heterocycles. The highest BCUT2D eigenvalue weighted by Crippen LogP contribution is 2.59. The van der Waals surface area contributed by atoms with Crippen LogP contribution >= 0.6 is 0 Å². The van der Waals surface area contributed by atoms with Gasteiger partial charge in [0.1, 0.15) is 0 Å².